The summed E-state index contributed by atoms with van der Waals surface area (Å²) in [6.45, 7) is 2.75. The quantitative estimate of drug-likeness (QED) is 0.574. The van der Waals surface area contributed by atoms with Crippen molar-refractivity contribution in [3.05, 3.63) is 89.7 Å². The Balaban J connectivity index is 1.45. The van der Waals surface area contributed by atoms with Crippen LogP contribution in [0, 0.1) is 6.92 Å². The summed E-state index contributed by atoms with van der Waals surface area (Å²) in [4.78, 5) is 19.4. The first-order chi connectivity index (χ1) is 14.5. The van der Waals surface area contributed by atoms with Crippen molar-refractivity contribution >= 4 is 11.6 Å². The second-order valence-corrected chi connectivity index (χ2v) is 7.86. The number of rotatable bonds is 3. The van der Waals surface area contributed by atoms with Crippen LogP contribution in [0.3, 0.4) is 0 Å². The Morgan fingerprint density at radius 1 is 1.07 bits per heavy atom. The van der Waals surface area contributed by atoms with Gasteiger partial charge in [0.25, 0.3) is 5.91 Å². The maximum absolute atomic E-state index is 13.3. The van der Waals surface area contributed by atoms with Gasteiger partial charge in [-0.15, -0.1) is 0 Å². The zero-order chi connectivity index (χ0) is 20.7. The minimum atomic E-state index is -1.03. The number of carbonyl (C=O) groups excluding carboxylic acids is 1. The van der Waals surface area contributed by atoms with Gasteiger partial charge in [-0.1, -0.05) is 60.2 Å². The first kappa shape index (κ1) is 18.5. The van der Waals surface area contributed by atoms with E-state index in [1.165, 1.54) is 0 Å². The van der Waals surface area contributed by atoms with E-state index in [0.29, 0.717) is 24.2 Å². The molecule has 1 aliphatic heterocycles. The Hall–Kier alpha value is -3.51. The average molecular weight is 398 g/mol. The van der Waals surface area contributed by atoms with Gasteiger partial charge >= 0.3 is 0 Å². The molecule has 1 unspecified atom stereocenters. The minimum Gasteiger partial charge on any atom is -0.383 e. The summed E-state index contributed by atoms with van der Waals surface area (Å²) < 4.78 is 1.70. The average Bonchev–Trinajstić information content (AvgIpc) is 3.39. The van der Waals surface area contributed by atoms with Crippen molar-refractivity contribution in [1.29, 1.82) is 0 Å². The molecule has 0 aliphatic carbocycles. The van der Waals surface area contributed by atoms with Gasteiger partial charge < -0.3 is 10.0 Å². The number of fused-ring (bicyclic) bond motifs is 1. The number of β-amino-alcohol motifs (C(OH)–C–C–N with tert-alkyl or cyclic N) is 1. The molecule has 6 heteroatoms. The Morgan fingerprint density at radius 3 is 2.60 bits per heavy atom. The van der Waals surface area contributed by atoms with Crippen LogP contribution in [0.15, 0.2) is 73.1 Å². The van der Waals surface area contributed by atoms with Crippen LogP contribution >= 0.6 is 0 Å². The van der Waals surface area contributed by atoms with E-state index in [2.05, 4.69) is 10.1 Å². The van der Waals surface area contributed by atoms with Gasteiger partial charge in [0, 0.05) is 18.3 Å². The Bertz CT molecular complexity index is 1220. The van der Waals surface area contributed by atoms with Gasteiger partial charge in [-0.25, -0.2) is 9.50 Å². The summed E-state index contributed by atoms with van der Waals surface area (Å²) in [7, 11) is 0. The molecule has 1 saturated heterocycles. The van der Waals surface area contributed by atoms with Crippen LogP contribution in [0.25, 0.3) is 16.9 Å². The highest BCUT2D eigenvalue weighted by Gasteiger charge is 2.40. The fraction of sp³-hybridized carbons (Fsp3) is 0.208. The van der Waals surface area contributed by atoms with E-state index in [1.807, 2.05) is 67.6 Å². The maximum Gasteiger partial charge on any atom is 0.259 e. The molecule has 0 spiro atoms. The summed E-state index contributed by atoms with van der Waals surface area (Å²) in [6.07, 6.45) is 3.77. The summed E-state index contributed by atoms with van der Waals surface area (Å²) in [5.41, 5.74) is 3.79. The summed E-state index contributed by atoms with van der Waals surface area (Å²) in [5, 5.41) is 15.6. The molecule has 30 heavy (non-hydrogen) atoms. The number of amides is 1. The summed E-state index contributed by atoms with van der Waals surface area (Å²) in [6, 6.07) is 19.6. The molecule has 3 heterocycles. The van der Waals surface area contributed by atoms with Crippen molar-refractivity contribution in [3.8, 4) is 11.3 Å². The summed E-state index contributed by atoms with van der Waals surface area (Å²) in [5.74, 6) is -0.161. The third kappa shape index (κ3) is 3.06. The van der Waals surface area contributed by atoms with Crippen LogP contribution < -0.4 is 0 Å². The molecule has 0 bridgehead atoms. The van der Waals surface area contributed by atoms with E-state index in [-0.39, 0.29) is 12.5 Å². The number of likely N-dealkylation sites (tertiary alicyclic amines) is 1. The number of nitrogens with zero attached hydrogens (tertiary/aromatic N) is 4. The third-order valence-corrected chi connectivity index (χ3v) is 5.83. The number of aliphatic hydroxyl groups is 1. The van der Waals surface area contributed by atoms with Gasteiger partial charge in [0.2, 0.25) is 0 Å². The van der Waals surface area contributed by atoms with Gasteiger partial charge in [0.15, 0.2) is 5.65 Å². The van der Waals surface area contributed by atoms with Gasteiger partial charge in [-0.05, 0) is 25.0 Å². The molecule has 1 N–H and O–H groups in total. The Morgan fingerprint density at radius 2 is 1.83 bits per heavy atom. The zero-order valence-electron chi connectivity index (χ0n) is 16.7. The van der Waals surface area contributed by atoms with Crippen LogP contribution in [0.5, 0.6) is 0 Å². The largest absolute Gasteiger partial charge is 0.383 e. The van der Waals surface area contributed by atoms with Crippen molar-refractivity contribution in [2.75, 3.05) is 13.1 Å². The maximum atomic E-state index is 13.3. The molecule has 5 rings (SSSR count). The third-order valence-electron chi connectivity index (χ3n) is 5.83. The fourth-order valence-corrected chi connectivity index (χ4v) is 4.11. The van der Waals surface area contributed by atoms with Crippen molar-refractivity contribution in [3.63, 3.8) is 0 Å². The van der Waals surface area contributed by atoms with Gasteiger partial charge in [0.05, 0.1) is 18.4 Å². The van der Waals surface area contributed by atoms with E-state index in [4.69, 9.17) is 0 Å². The van der Waals surface area contributed by atoms with Crippen LogP contribution in [-0.2, 0) is 5.60 Å². The lowest BCUT2D eigenvalue weighted by Crippen LogP contribution is -2.34. The standard InChI is InChI=1S/C24H22N4O2/c1-17-7-9-19(10-8-17)24(30)12-14-27(16-24)23(29)20-15-26-28-21(11-13-25-22(20)28)18-5-3-2-4-6-18/h2-11,13,15,30H,12,14,16H2,1H3. The number of benzene rings is 2. The molecule has 1 amide bonds. The number of aryl methyl sites for hydroxylation is 1. The normalized spacial score (nSPS) is 18.8. The molecule has 2 aromatic carbocycles. The first-order valence-corrected chi connectivity index (χ1v) is 10.0. The molecule has 1 atom stereocenters. The predicted molar refractivity (Wildman–Crippen MR) is 114 cm³/mol. The number of aromatic nitrogens is 3. The molecule has 0 saturated carbocycles. The van der Waals surface area contributed by atoms with Crippen LogP contribution in [0.1, 0.15) is 27.9 Å². The number of hydrogen-bond acceptors (Lipinski definition) is 4. The van der Waals surface area contributed by atoms with Gasteiger partial charge in [0.1, 0.15) is 11.2 Å². The highest BCUT2D eigenvalue weighted by molar-refractivity contribution is 6.00. The Labute approximate surface area is 174 Å². The van der Waals surface area contributed by atoms with Crippen LogP contribution in [0.2, 0.25) is 0 Å². The molecule has 0 radical (unpaired) electrons. The SMILES string of the molecule is Cc1ccc(C2(O)CCN(C(=O)c3cnn4c(-c5ccccc5)ccnc34)C2)cc1. The molecule has 150 valence electrons. The van der Waals surface area contributed by atoms with E-state index in [0.717, 1.165) is 22.4 Å². The van der Waals surface area contributed by atoms with Crippen molar-refractivity contribution in [2.45, 2.75) is 18.9 Å². The van der Waals surface area contributed by atoms with Crippen molar-refractivity contribution < 1.29 is 9.90 Å². The van der Waals surface area contributed by atoms with Crippen molar-refractivity contribution in [1.82, 2.24) is 19.5 Å². The minimum absolute atomic E-state index is 0.161. The first-order valence-electron chi connectivity index (χ1n) is 10.0. The van der Waals surface area contributed by atoms with E-state index >= 15 is 0 Å². The van der Waals surface area contributed by atoms with E-state index < -0.39 is 5.60 Å². The lowest BCUT2D eigenvalue weighted by atomic mass is 9.92. The predicted octanol–water partition coefficient (Wildman–Crippen LogP) is 3.44. The lowest BCUT2D eigenvalue weighted by molar-refractivity contribution is 0.0418. The van der Waals surface area contributed by atoms with Crippen molar-refractivity contribution in [2.24, 2.45) is 0 Å². The second-order valence-electron chi connectivity index (χ2n) is 7.86. The number of hydrogen-bond donors (Lipinski definition) is 1. The molecule has 1 fully saturated rings. The highest BCUT2D eigenvalue weighted by atomic mass is 16.3. The topological polar surface area (TPSA) is 70.7 Å². The molecular weight excluding hydrogens is 376 g/mol. The zero-order valence-corrected chi connectivity index (χ0v) is 16.7. The highest BCUT2D eigenvalue weighted by Crippen LogP contribution is 2.33. The van der Waals surface area contributed by atoms with Gasteiger partial charge in [-0.3, -0.25) is 4.79 Å². The van der Waals surface area contributed by atoms with E-state index in [1.54, 1.807) is 21.8 Å². The second kappa shape index (κ2) is 7.07. The summed E-state index contributed by atoms with van der Waals surface area (Å²) >= 11 is 0. The smallest absolute Gasteiger partial charge is 0.259 e. The molecule has 4 aromatic rings. The molecule has 1 aliphatic rings. The number of carbonyl (C=O) groups is 1. The van der Waals surface area contributed by atoms with Crippen LogP contribution in [-0.4, -0.2) is 43.6 Å². The fourth-order valence-electron chi connectivity index (χ4n) is 4.11. The Kier molecular flexibility index (Phi) is 4.37. The van der Waals surface area contributed by atoms with Gasteiger partial charge in [-0.2, -0.15) is 5.10 Å². The molecule has 2 aromatic heterocycles. The van der Waals surface area contributed by atoms with Crippen LogP contribution in [0.4, 0.5) is 0 Å². The molecule has 6 nitrogen and oxygen atoms in total. The molecular formula is C24H22N4O2. The van der Waals surface area contributed by atoms with E-state index in [9.17, 15) is 9.90 Å². The lowest BCUT2D eigenvalue weighted by Gasteiger charge is -2.24. The monoisotopic (exact) mass is 398 g/mol.